The largest absolute Gasteiger partial charge is 0.494 e. The molecule has 0 spiro atoms. The van der Waals surface area contributed by atoms with Gasteiger partial charge in [-0.1, -0.05) is 132 Å². The fraction of sp³-hybridized carbons (Fsp3) is 0.274. The van der Waals surface area contributed by atoms with Gasteiger partial charge >= 0.3 is 24.4 Å². The molecular formula is C113H108Cl6FN15O13. The lowest BCUT2D eigenvalue weighted by Crippen LogP contribution is -2.42. The van der Waals surface area contributed by atoms with Gasteiger partial charge in [0.1, 0.15) is 95.5 Å². The highest BCUT2D eigenvalue weighted by molar-refractivity contribution is 6.33. The van der Waals surface area contributed by atoms with Crippen LogP contribution in [-0.2, 0) is 48.2 Å². The third-order valence-corrected chi connectivity index (χ3v) is 28.0. The maximum Gasteiger partial charge on any atom is 0.416 e. The summed E-state index contributed by atoms with van der Waals surface area (Å²) in [7, 11) is 0. The molecule has 762 valence electrons. The first-order valence-electron chi connectivity index (χ1n) is 49.4. The molecule has 4 amide bonds. The van der Waals surface area contributed by atoms with E-state index >= 15 is 0 Å². The van der Waals surface area contributed by atoms with Gasteiger partial charge in [-0.25, -0.2) is 33.5 Å². The number of carbonyl (C=O) groups excluding carboxylic acids is 4. The predicted molar refractivity (Wildman–Crippen MR) is 570 cm³/mol. The zero-order chi connectivity index (χ0) is 102. The Morgan fingerprint density at radius 3 is 1.00 bits per heavy atom. The molecule has 4 unspecified atom stereocenters. The van der Waals surface area contributed by atoms with E-state index in [4.69, 9.17) is 112 Å². The van der Waals surface area contributed by atoms with Crippen LogP contribution in [0.3, 0.4) is 0 Å². The molecule has 4 atom stereocenters. The molecule has 35 heteroatoms. The average Bonchev–Trinajstić information content (AvgIpc) is 1.64. The molecule has 17 aromatic rings. The van der Waals surface area contributed by atoms with E-state index in [2.05, 4.69) is 45.0 Å². The number of nitrogens with zero attached hydrogens (tertiary/aromatic N) is 11. The number of aromatic amines is 4. The van der Waals surface area contributed by atoms with E-state index in [1.54, 1.807) is 78.0 Å². The molecule has 148 heavy (non-hydrogen) atoms. The summed E-state index contributed by atoms with van der Waals surface area (Å²) in [6.45, 7) is 12.8. The number of fused-ring (bicyclic) bond motifs is 12. The summed E-state index contributed by atoms with van der Waals surface area (Å²) in [5, 5.41) is 15.8. The normalized spacial score (nSPS) is 15.8. The van der Waals surface area contributed by atoms with Crippen LogP contribution >= 0.6 is 69.6 Å². The Morgan fingerprint density at radius 2 is 0.669 bits per heavy atom. The monoisotopic (exact) mass is 2110 g/mol. The van der Waals surface area contributed by atoms with E-state index in [1.165, 1.54) is 53.6 Å². The lowest BCUT2D eigenvalue weighted by atomic mass is 9.92. The van der Waals surface area contributed by atoms with Crippen LogP contribution in [0.4, 0.5) is 23.6 Å². The van der Waals surface area contributed by atoms with Crippen LogP contribution in [0.5, 0.6) is 40.2 Å². The molecule has 22 rings (SSSR count). The third kappa shape index (κ3) is 24.7. The van der Waals surface area contributed by atoms with Gasteiger partial charge in [0.05, 0.1) is 46.2 Å². The van der Waals surface area contributed by atoms with E-state index in [0.717, 1.165) is 202 Å². The highest BCUT2D eigenvalue weighted by Gasteiger charge is 2.41. The first kappa shape index (κ1) is 102. The molecule has 11 aromatic carbocycles. The van der Waals surface area contributed by atoms with Crippen LogP contribution < -0.4 is 33.2 Å². The van der Waals surface area contributed by atoms with Crippen molar-refractivity contribution >= 4 is 138 Å². The molecule has 6 aromatic heterocycles. The van der Waals surface area contributed by atoms with E-state index in [-0.39, 0.29) is 30.0 Å². The summed E-state index contributed by atoms with van der Waals surface area (Å²) in [5.41, 5.74) is 16.3. The minimum Gasteiger partial charge on any atom is -0.494 e. The summed E-state index contributed by atoms with van der Waals surface area (Å²) in [6.07, 6.45) is 11.7. The van der Waals surface area contributed by atoms with Crippen LogP contribution in [0.2, 0.25) is 25.1 Å². The van der Waals surface area contributed by atoms with Gasteiger partial charge in [0.2, 0.25) is 0 Å². The van der Waals surface area contributed by atoms with Crippen molar-refractivity contribution in [1.29, 1.82) is 0 Å². The number of aromatic nitrogens is 10. The van der Waals surface area contributed by atoms with E-state index in [0.29, 0.717) is 121 Å². The summed E-state index contributed by atoms with van der Waals surface area (Å²) in [6, 6.07) is 74.8. The Kier molecular flexibility index (Phi) is 33.6. The van der Waals surface area contributed by atoms with Gasteiger partial charge in [-0.2, -0.15) is 10.2 Å². The third-order valence-electron chi connectivity index (χ3n) is 26.6. The minimum atomic E-state index is -0.512. The number of rotatable bonds is 28. The SMILES string of the molecule is CCCOC(=O)N1CCc2c([nH]c3ccc(Cl)cc23)C1c1ccc(OCCCCl)cc1.O=C(Oc1ccc(Cl)cc1)N1CCc2c([nH]c3ccc(Cl)cc23)C1c1ccc(OCCCN2CCOCC2)cc1.O=C(Oc1ccc(F)cc1)N1CCc2c([nH]c3ccc(Cl)cc23)C1c1ccc(OCCCn2cncn2)cc1.O=C(Oc1ccccc1)N1CCc2c([nH]c3ccc(Cl)cc23)C1c1ccc(OCCCn2cncn2)cc1. The number of nitrogens with one attached hydrogen (secondary N) is 4. The number of amides is 4. The summed E-state index contributed by atoms with van der Waals surface area (Å²) < 4.78 is 68.6. The molecular weight excluding hydrogens is 2010 g/mol. The highest BCUT2D eigenvalue weighted by Crippen LogP contribution is 2.47. The average molecular weight is 2120 g/mol. The second-order valence-electron chi connectivity index (χ2n) is 36.2. The summed E-state index contributed by atoms with van der Waals surface area (Å²) in [5.74, 6) is 4.51. The molecule has 1 fully saturated rings. The van der Waals surface area contributed by atoms with Crippen LogP contribution in [-0.4, -0.2) is 196 Å². The molecule has 1 saturated heterocycles. The first-order chi connectivity index (χ1) is 72.4. The number of halogens is 7. The topological polar surface area (TPSA) is 292 Å². The number of para-hydroxylation sites is 1. The molecule has 0 radical (unpaired) electrons. The second kappa shape index (κ2) is 48.6. The van der Waals surface area contributed by atoms with Crippen LogP contribution in [0, 0.1) is 5.82 Å². The van der Waals surface area contributed by atoms with E-state index in [1.807, 2.05) is 195 Å². The number of H-pyrrole nitrogens is 4. The van der Waals surface area contributed by atoms with Gasteiger partial charge in [0.15, 0.2) is 0 Å². The van der Waals surface area contributed by atoms with Crippen molar-refractivity contribution in [3.8, 4) is 40.2 Å². The Hall–Kier alpha value is -14.3. The van der Waals surface area contributed by atoms with Crippen LogP contribution in [0.25, 0.3) is 43.6 Å². The molecule has 0 saturated carbocycles. The van der Waals surface area contributed by atoms with Crippen molar-refractivity contribution in [3.63, 3.8) is 0 Å². The quantitative estimate of drug-likeness (QED) is 0.0262. The fourth-order valence-corrected chi connectivity index (χ4v) is 20.4. The smallest absolute Gasteiger partial charge is 0.416 e. The Balaban J connectivity index is 0.000000125. The maximum absolute atomic E-state index is 13.5. The number of hydrogen-bond donors (Lipinski definition) is 4. The Morgan fingerprint density at radius 1 is 0.358 bits per heavy atom. The molecule has 0 bridgehead atoms. The molecule has 5 aliphatic heterocycles. The van der Waals surface area contributed by atoms with E-state index in [9.17, 15) is 23.6 Å². The molecule has 28 nitrogen and oxygen atoms in total. The minimum absolute atomic E-state index is 0.267. The van der Waals surface area contributed by atoms with Crippen molar-refractivity contribution in [2.75, 3.05) is 97.9 Å². The first-order valence-corrected chi connectivity index (χ1v) is 51.9. The number of hydrogen-bond acceptors (Lipinski definition) is 18. The van der Waals surface area contributed by atoms with Crippen LogP contribution in [0.1, 0.15) is 130 Å². The fourth-order valence-electron chi connectivity index (χ4n) is 19.5. The van der Waals surface area contributed by atoms with Gasteiger partial charge in [-0.3, -0.25) is 33.9 Å². The summed E-state index contributed by atoms with van der Waals surface area (Å²) in [4.78, 5) is 84.7. The lowest BCUT2D eigenvalue weighted by Gasteiger charge is -2.35. The van der Waals surface area contributed by atoms with Crippen molar-refractivity contribution < 1.29 is 66.2 Å². The van der Waals surface area contributed by atoms with Gasteiger partial charge in [0, 0.05) is 169 Å². The van der Waals surface area contributed by atoms with Gasteiger partial charge in [-0.05, 0) is 271 Å². The number of alkyl halides is 1. The standard InChI is InChI=1S/C31H31Cl2N3O4.C29H25ClFN5O3.C29H26ClN5O3.C24H26Cl2N2O3/c32-22-4-9-25(10-5-22)40-31(37)36-14-12-26-27-20-23(33)6-11-28(27)34-29(26)30(36)21-2-7-24(8-3-21)39-17-1-13-35-15-18-38-19-16-35;30-20-4-11-26-25(16-20)24-12-14-36(29(37)39-23-9-5-21(31)6-10-23)28(27(24)34-26)19-2-7-22(8-3-19)38-15-1-13-35-18-32-17-33-35;30-21-9-12-26-25(17-21)24-13-15-35(29(36)38-23-5-2-1-3-6-23)28(27(24)33-26)20-7-10-22(11-8-20)37-16-4-14-34-19-31-18-32-34;1-2-13-31-24(29)28-12-10-19-20-15-17(26)6-9-21(20)27-22(19)23(28)16-4-7-18(8-5-16)30-14-3-11-25/h2-11,20,30,34H,1,12-19H2;2-11,16-18,28,34H,1,12-15H2;1-3,5-12,17-19,28,33H,4,13-16H2;4-9,15,23,27H,2-3,10-14H2,1H3. The second-order valence-corrected chi connectivity index (χ2v) is 38.8. The van der Waals surface area contributed by atoms with E-state index < -0.39 is 30.1 Å². The number of morpholine rings is 1. The predicted octanol–water partition coefficient (Wildman–Crippen LogP) is 25.2. The number of carbonyl (C=O) groups is 4. The number of benzene rings is 11. The van der Waals surface area contributed by atoms with Crippen molar-refractivity contribution in [1.82, 2.24) is 74.0 Å². The zero-order valence-corrected chi connectivity index (χ0v) is 85.6. The molecule has 0 aliphatic carbocycles. The van der Waals surface area contributed by atoms with Gasteiger partial charge in [0.25, 0.3) is 0 Å². The van der Waals surface area contributed by atoms with Gasteiger partial charge < -0.3 is 62.6 Å². The van der Waals surface area contributed by atoms with Crippen molar-refractivity contribution in [2.24, 2.45) is 0 Å². The maximum atomic E-state index is 13.5. The Bertz CT molecular complexity index is 7370. The lowest BCUT2D eigenvalue weighted by molar-refractivity contribution is 0.0358. The summed E-state index contributed by atoms with van der Waals surface area (Å²) >= 11 is 37.0. The van der Waals surface area contributed by atoms with Crippen molar-refractivity contribution in [3.05, 3.63) is 372 Å². The Labute approximate surface area is 884 Å². The molecule has 5 aliphatic rings. The van der Waals surface area contributed by atoms with Crippen LogP contribution in [0.15, 0.2) is 274 Å². The molecule has 11 heterocycles. The van der Waals surface area contributed by atoms with Gasteiger partial charge in [-0.15, -0.1) is 11.6 Å². The zero-order valence-electron chi connectivity index (χ0n) is 81.0. The van der Waals surface area contributed by atoms with Crippen molar-refractivity contribution in [2.45, 2.75) is 102 Å². The highest BCUT2D eigenvalue weighted by atomic mass is 35.5. The number of aryl methyl sites for hydroxylation is 2. The molecule has 4 N–H and O–H groups in total. The number of ether oxygens (including phenoxy) is 9.